The van der Waals surface area contributed by atoms with E-state index in [2.05, 4.69) is 0 Å². The predicted molar refractivity (Wildman–Crippen MR) is 96.9 cm³/mol. The van der Waals surface area contributed by atoms with Gasteiger partial charge in [0.2, 0.25) is 0 Å². The summed E-state index contributed by atoms with van der Waals surface area (Å²) in [6, 6.07) is 15.8. The van der Waals surface area contributed by atoms with Crippen LogP contribution in [-0.4, -0.2) is 15.6 Å². The van der Waals surface area contributed by atoms with Crippen molar-refractivity contribution < 1.29 is 14.3 Å². The zero-order valence-electron chi connectivity index (χ0n) is 13.7. The van der Waals surface area contributed by atoms with Gasteiger partial charge in [-0.15, -0.1) is 0 Å². The van der Waals surface area contributed by atoms with Crippen molar-refractivity contribution in [2.45, 2.75) is 19.8 Å². The van der Waals surface area contributed by atoms with Gasteiger partial charge in [-0.3, -0.25) is 4.79 Å². The van der Waals surface area contributed by atoms with Crippen LogP contribution in [0.4, 0.5) is 4.39 Å². The first kappa shape index (κ1) is 17.2. The van der Waals surface area contributed by atoms with Gasteiger partial charge in [0, 0.05) is 16.4 Å². The monoisotopic (exact) mass is 357 g/mol. The molecule has 3 rings (SSSR count). The SMILES string of the molecule is Cc1ccc(-n2c(CCC(=O)O)ccc2-c2ccc(F)cc2)cc1Cl. The van der Waals surface area contributed by atoms with Crippen LogP contribution in [0.5, 0.6) is 0 Å². The van der Waals surface area contributed by atoms with Crippen molar-refractivity contribution in [3.05, 3.63) is 76.7 Å². The maximum Gasteiger partial charge on any atom is 0.303 e. The molecular formula is C20H17ClFNO2. The molecule has 0 atom stereocenters. The molecule has 0 amide bonds. The third-order valence-corrected chi connectivity index (χ3v) is 4.52. The number of benzene rings is 2. The minimum Gasteiger partial charge on any atom is -0.481 e. The first-order valence-corrected chi connectivity index (χ1v) is 8.28. The molecule has 3 aromatic rings. The summed E-state index contributed by atoms with van der Waals surface area (Å²) in [4.78, 5) is 11.0. The molecule has 0 spiro atoms. The van der Waals surface area contributed by atoms with Gasteiger partial charge in [-0.1, -0.05) is 17.7 Å². The highest BCUT2D eigenvalue weighted by molar-refractivity contribution is 6.31. The average Bonchev–Trinajstić information content (AvgIpc) is 3.00. The molecule has 0 bridgehead atoms. The van der Waals surface area contributed by atoms with E-state index in [-0.39, 0.29) is 12.2 Å². The Bertz CT molecular complexity index is 916. The molecule has 128 valence electrons. The number of nitrogens with zero attached hydrogens (tertiary/aromatic N) is 1. The molecule has 1 aromatic heterocycles. The third-order valence-electron chi connectivity index (χ3n) is 4.11. The number of carboxylic acids is 1. The lowest BCUT2D eigenvalue weighted by Crippen LogP contribution is -2.05. The van der Waals surface area contributed by atoms with Crippen LogP contribution in [0.3, 0.4) is 0 Å². The Labute approximate surface area is 150 Å². The predicted octanol–water partition coefficient (Wildman–Crippen LogP) is 5.26. The minimum absolute atomic E-state index is 0.0342. The van der Waals surface area contributed by atoms with E-state index in [0.717, 1.165) is 28.2 Å². The van der Waals surface area contributed by atoms with Gasteiger partial charge in [0.1, 0.15) is 5.82 Å². The highest BCUT2D eigenvalue weighted by Gasteiger charge is 2.14. The lowest BCUT2D eigenvalue weighted by molar-refractivity contribution is -0.136. The van der Waals surface area contributed by atoms with Crippen LogP contribution < -0.4 is 0 Å². The summed E-state index contributed by atoms with van der Waals surface area (Å²) in [6.07, 6.45) is 0.425. The van der Waals surface area contributed by atoms with Gasteiger partial charge >= 0.3 is 5.97 Å². The van der Waals surface area contributed by atoms with Gasteiger partial charge in [0.25, 0.3) is 0 Å². The van der Waals surface area contributed by atoms with E-state index in [0.29, 0.717) is 11.4 Å². The number of aromatic nitrogens is 1. The molecule has 0 radical (unpaired) electrons. The maximum absolute atomic E-state index is 13.2. The lowest BCUT2D eigenvalue weighted by Gasteiger charge is -2.15. The zero-order chi connectivity index (χ0) is 18.0. The molecule has 0 aliphatic heterocycles. The molecule has 0 fully saturated rings. The number of carbonyl (C=O) groups is 1. The number of aryl methyl sites for hydroxylation is 2. The molecular weight excluding hydrogens is 341 g/mol. The fourth-order valence-electron chi connectivity index (χ4n) is 2.78. The largest absolute Gasteiger partial charge is 0.481 e. The second-order valence-corrected chi connectivity index (χ2v) is 6.29. The molecule has 0 aliphatic carbocycles. The Morgan fingerprint density at radius 1 is 1.12 bits per heavy atom. The molecule has 2 aromatic carbocycles. The topological polar surface area (TPSA) is 42.2 Å². The maximum atomic E-state index is 13.2. The quantitative estimate of drug-likeness (QED) is 0.676. The first-order chi connectivity index (χ1) is 12.0. The van der Waals surface area contributed by atoms with Crippen molar-refractivity contribution in [2.75, 3.05) is 0 Å². The Balaban J connectivity index is 2.13. The van der Waals surface area contributed by atoms with E-state index in [1.807, 2.05) is 41.8 Å². The van der Waals surface area contributed by atoms with Crippen LogP contribution in [-0.2, 0) is 11.2 Å². The Morgan fingerprint density at radius 2 is 1.84 bits per heavy atom. The van der Waals surface area contributed by atoms with Crippen LogP contribution in [0.25, 0.3) is 16.9 Å². The fraction of sp³-hybridized carbons (Fsp3) is 0.150. The Kier molecular flexibility index (Phi) is 4.91. The van der Waals surface area contributed by atoms with Gasteiger partial charge in [0.15, 0.2) is 0 Å². The lowest BCUT2D eigenvalue weighted by atomic mass is 10.1. The third kappa shape index (κ3) is 3.74. The highest BCUT2D eigenvalue weighted by atomic mass is 35.5. The second kappa shape index (κ2) is 7.11. The van der Waals surface area contributed by atoms with Crippen molar-refractivity contribution in [1.82, 2.24) is 4.57 Å². The van der Waals surface area contributed by atoms with Gasteiger partial charge in [0.05, 0.1) is 12.1 Å². The summed E-state index contributed by atoms with van der Waals surface area (Å²) < 4.78 is 15.2. The summed E-state index contributed by atoms with van der Waals surface area (Å²) in [5.74, 6) is -1.15. The van der Waals surface area contributed by atoms with Crippen molar-refractivity contribution in [1.29, 1.82) is 0 Å². The molecule has 0 aliphatic rings. The molecule has 1 heterocycles. The van der Waals surface area contributed by atoms with E-state index in [1.165, 1.54) is 12.1 Å². The summed E-state index contributed by atoms with van der Waals surface area (Å²) in [7, 11) is 0. The molecule has 0 unspecified atom stereocenters. The molecule has 25 heavy (non-hydrogen) atoms. The van der Waals surface area contributed by atoms with E-state index in [9.17, 15) is 9.18 Å². The van der Waals surface area contributed by atoms with Crippen molar-refractivity contribution in [3.63, 3.8) is 0 Å². The highest BCUT2D eigenvalue weighted by Crippen LogP contribution is 2.29. The van der Waals surface area contributed by atoms with Crippen LogP contribution in [0.2, 0.25) is 5.02 Å². The summed E-state index contributed by atoms with van der Waals surface area (Å²) in [5.41, 5.74) is 4.38. The van der Waals surface area contributed by atoms with E-state index < -0.39 is 5.97 Å². The number of aliphatic carboxylic acids is 1. The number of rotatable bonds is 5. The van der Waals surface area contributed by atoms with Gasteiger partial charge in [-0.2, -0.15) is 0 Å². The molecule has 0 saturated heterocycles. The number of halogens is 2. The van der Waals surface area contributed by atoms with E-state index in [1.54, 1.807) is 12.1 Å². The van der Waals surface area contributed by atoms with Crippen molar-refractivity contribution >= 4 is 17.6 Å². The first-order valence-electron chi connectivity index (χ1n) is 7.90. The van der Waals surface area contributed by atoms with E-state index in [4.69, 9.17) is 16.7 Å². The average molecular weight is 358 g/mol. The zero-order valence-corrected chi connectivity index (χ0v) is 14.4. The standard InChI is InChI=1S/C20H17ClFNO2/c1-13-2-7-17(12-18(13)21)23-16(9-11-20(24)25)8-10-19(23)14-3-5-15(22)6-4-14/h2-8,10,12H,9,11H2,1H3,(H,24,25). The summed E-state index contributed by atoms with van der Waals surface area (Å²) in [6.45, 7) is 1.92. The summed E-state index contributed by atoms with van der Waals surface area (Å²) >= 11 is 6.27. The van der Waals surface area contributed by atoms with Crippen LogP contribution in [0.15, 0.2) is 54.6 Å². The number of carboxylic acid groups (broad SMARTS) is 1. The van der Waals surface area contributed by atoms with Crippen LogP contribution in [0.1, 0.15) is 17.7 Å². The summed E-state index contributed by atoms with van der Waals surface area (Å²) in [5, 5.41) is 9.64. The normalized spacial score (nSPS) is 10.8. The van der Waals surface area contributed by atoms with Crippen LogP contribution in [0, 0.1) is 12.7 Å². The van der Waals surface area contributed by atoms with Gasteiger partial charge in [-0.25, -0.2) is 4.39 Å². The number of hydrogen-bond acceptors (Lipinski definition) is 1. The van der Waals surface area contributed by atoms with Gasteiger partial charge in [-0.05, 0) is 73.0 Å². The number of hydrogen-bond donors (Lipinski definition) is 1. The van der Waals surface area contributed by atoms with E-state index >= 15 is 0 Å². The fourth-order valence-corrected chi connectivity index (χ4v) is 2.96. The van der Waals surface area contributed by atoms with Crippen molar-refractivity contribution in [2.24, 2.45) is 0 Å². The molecule has 1 N–H and O–H groups in total. The Hall–Kier alpha value is -2.59. The van der Waals surface area contributed by atoms with Gasteiger partial charge < -0.3 is 9.67 Å². The molecule has 3 nitrogen and oxygen atoms in total. The van der Waals surface area contributed by atoms with Crippen LogP contribution >= 0.6 is 11.6 Å². The van der Waals surface area contributed by atoms with Crippen molar-refractivity contribution in [3.8, 4) is 16.9 Å². The Morgan fingerprint density at radius 3 is 2.48 bits per heavy atom. The molecule has 0 saturated carbocycles. The molecule has 5 heteroatoms. The second-order valence-electron chi connectivity index (χ2n) is 5.88. The smallest absolute Gasteiger partial charge is 0.303 e. The minimum atomic E-state index is -0.849.